The summed E-state index contributed by atoms with van der Waals surface area (Å²) < 4.78 is 42.7. The van der Waals surface area contributed by atoms with Gasteiger partial charge in [-0.05, 0) is 55.3 Å². The van der Waals surface area contributed by atoms with Crippen LogP contribution in [0.2, 0.25) is 0 Å². The third-order valence-electron chi connectivity index (χ3n) is 3.67. The van der Waals surface area contributed by atoms with Gasteiger partial charge in [0.2, 0.25) is 0 Å². The van der Waals surface area contributed by atoms with Gasteiger partial charge in [0.1, 0.15) is 0 Å². The number of hydrogen-bond acceptors (Lipinski definition) is 4. The fraction of sp³-hybridized carbons (Fsp3) is 0.211. The summed E-state index contributed by atoms with van der Waals surface area (Å²) in [5.41, 5.74) is 2.01. The lowest BCUT2D eigenvalue weighted by atomic mass is 10.1. The van der Waals surface area contributed by atoms with Gasteiger partial charge in [-0.2, -0.15) is 13.2 Å². The van der Waals surface area contributed by atoms with E-state index in [4.69, 9.17) is 4.74 Å². The minimum absolute atomic E-state index is 0.117. The summed E-state index contributed by atoms with van der Waals surface area (Å²) >= 11 is 3.42. The Balaban J connectivity index is 1.96. The Labute approximate surface area is 172 Å². The summed E-state index contributed by atoms with van der Waals surface area (Å²) in [6, 6.07) is 8.24. The van der Waals surface area contributed by atoms with E-state index >= 15 is 0 Å². The van der Waals surface area contributed by atoms with Crippen LogP contribution in [0.1, 0.15) is 21.5 Å². The molecule has 0 radical (unpaired) electrons. The van der Waals surface area contributed by atoms with E-state index in [1.807, 2.05) is 13.8 Å². The predicted molar refractivity (Wildman–Crippen MR) is 104 cm³/mol. The van der Waals surface area contributed by atoms with Crippen molar-refractivity contribution in [1.29, 1.82) is 0 Å². The van der Waals surface area contributed by atoms with Crippen molar-refractivity contribution in [1.82, 2.24) is 0 Å². The van der Waals surface area contributed by atoms with Crippen molar-refractivity contribution in [3.63, 3.8) is 0 Å². The van der Waals surface area contributed by atoms with Crippen molar-refractivity contribution in [2.45, 2.75) is 20.0 Å². The molecule has 0 atom stereocenters. The Morgan fingerprint density at radius 1 is 1.00 bits per heavy atom. The lowest BCUT2D eigenvalue weighted by Crippen LogP contribution is -2.30. The van der Waals surface area contributed by atoms with Crippen molar-refractivity contribution in [2.75, 3.05) is 17.2 Å². The second kappa shape index (κ2) is 9.08. The van der Waals surface area contributed by atoms with Crippen LogP contribution >= 0.6 is 15.9 Å². The third-order valence-corrected chi connectivity index (χ3v) is 4.92. The normalized spacial score (nSPS) is 11.0. The summed E-state index contributed by atoms with van der Waals surface area (Å²) in [5, 5.41) is 4.23. The van der Waals surface area contributed by atoms with Gasteiger partial charge in [0.05, 0.1) is 5.56 Å². The number of carbonyl (C=O) groups excluding carboxylic acids is 3. The Kier molecular flexibility index (Phi) is 7.02. The standard InChI is InChI=1S/C19H16BrF3N2O4/c1-10-6-14(7-11(2)16(10)20)24-15(26)9-29-17(27)12-4-3-5-13(8-12)25-18(28)19(21,22)23/h3-8H,9H2,1-2H3,(H,24,26)(H,25,28). The molecule has 0 unspecified atom stereocenters. The Bertz CT molecular complexity index is 938. The predicted octanol–water partition coefficient (Wildman–Crippen LogP) is 4.36. The van der Waals surface area contributed by atoms with Gasteiger partial charge < -0.3 is 15.4 Å². The van der Waals surface area contributed by atoms with Crippen LogP contribution < -0.4 is 10.6 Å². The van der Waals surface area contributed by atoms with Crippen LogP contribution in [0.4, 0.5) is 24.5 Å². The molecule has 2 amide bonds. The Hall–Kier alpha value is -2.88. The molecule has 0 spiro atoms. The second-order valence-electron chi connectivity index (χ2n) is 6.08. The fourth-order valence-corrected chi connectivity index (χ4v) is 2.58. The summed E-state index contributed by atoms with van der Waals surface area (Å²) in [7, 11) is 0. The quantitative estimate of drug-likeness (QED) is 0.633. The number of anilines is 2. The maximum absolute atomic E-state index is 12.3. The number of amides is 2. The minimum atomic E-state index is -5.06. The van der Waals surface area contributed by atoms with Crippen LogP contribution in [0.5, 0.6) is 0 Å². The molecule has 0 saturated carbocycles. The number of carbonyl (C=O) groups is 3. The fourth-order valence-electron chi connectivity index (χ4n) is 2.36. The van der Waals surface area contributed by atoms with Gasteiger partial charge >= 0.3 is 18.1 Å². The highest BCUT2D eigenvalue weighted by molar-refractivity contribution is 9.10. The number of nitrogens with one attached hydrogen (secondary N) is 2. The molecule has 2 aromatic carbocycles. The highest BCUT2D eigenvalue weighted by atomic mass is 79.9. The van der Waals surface area contributed by atoms with Crippen molar-refractivity contribution >= 4 is 45.1 Å². The summed E-state index contributed by atoms with van der Waals surface area (Å²) in [5.74, 6) is -3.67. The third kappa shape index (κ3) is 6.31. The maximum Gasteiger partial charge on any atom is 0.471 e. The summed E-state index contributed by atoms with van der Waals surface area (Å²) in [6.45, 7) is 3.13. The van der Waals surface area contributed by atoms with Crippen LogP contribution in [0.25, 0.3) is 0 Å². The number of alkyl halides is 3. The van der Waals surface area contributed by atoms with E-state index in [-0.39, 0.29) is 11.3 Å². The van der Waals surface area contributed by atoms with Crippen molar-refractivity contribution in [2.24, 2.45) is 0 Å². The monoisotopic (exact) mass is 472 g/mol. The number of benzene rings is 2. The number of aryl methyl sites for hydroxylation is 2. The van der Waals surface area contributed by atoms with Crippen LogP contribution in [0.3, 0.4) is 0 Å². The summed E-state index contributed by atoms with van der Waals surface area (Å²) in [4.78, 5) is 35.0. The van der Waals surface area contributed by atoms with Gasteiger partial charge in [-0.3, -0.25) is 9.59 Å². The lowest BCUT2D eigenvalue weighted by molar-refractivity contribution is -0.167. The zero-order chi connectivity index (χ0) is 21.8. The Morgan fingerprint density at radius 3 is 2.21 bits per heavy atom. The van der Waals surface area contributed by atoms with Crippen LogP contribution in [0, 0.1) is 13.8 Å². The molecule has 29 heavy (non-hydrogen) atoms. The first-order chi connectivity index (χ1) is 13.5. The molecule has 0 fully saturated rings. The van der Waals surface area contributed by atoms with E-state index < -0.39 is 30.6 Å². The molecule has 154 valence electrons. The van der Waals surface area contributed by atoms with Gasteiger partial charge in [-0.25, -0.2) is 4.79 Å². The smallest absolute Gasteiger partial charge is 0.452 e. The van der Waals surface area contributed by atoms with E-state index in [1.165, 1.54) is 18.2 Å². The zero-order valence-corrected chi connectivity index (χ0v) is 16.9. The molecular weight excluding hydrogens is 457 g/mol. The largest absolute Gasteiger partial charge is 0.471 e. The number of esters is 1. The maximum atomic E-state index is 12.3. The summed E-state index contributed by atoms with van der Waals surface area (Å²) in [6.07, 6.45) is -5.06. The molecule has 0 heterocycles. The van der Waals surface area contributed by atoms with Crippen LogP contribution in [-0.4, -0.2) is 30.6 Å². The SMILES string of the molecule is Cc1cc(NC(=O)COC(=O)c2cccc(NC(=O)C(F)(F)F)c2)cc(C)c1Br. The number of rotatable bonds is 5. The highest BCUT2D eigenvalue weighted by Crippen LogP contribution is 2.25. The first kappa shape index (κ1) is 22.4. The topological polar surface area (TPSA) is 84.5 Å². The van der Waals surface area contributed by atoms with Gasteiger partial charge in [0, 0.05) is 15.8 Å². The van der Waals surface area contributed by atoms with Crippen molar-refractivity contribution < 1.29 is 32.3 Å². The van der Waals surface area contributed by atoms with Gasteiger partial charge in [0.25, 0.3) is 5.91 Å². The van der Waals surface area contributed by atoms with E-state index in [1.54, 1.807) is 17.4 Å². The van der Waals surface area contributed by atoms with Crippen LogP contribution in [0.15, 0.2) is 40.9 Å². The number of halogens is 4. The molecular formula is C19H16BrF3N2O4. The number of hydrogen-bond donors (Lipinski definition) is 2. The second-order valence-corrected chi connectivity index (χ2v) is 6.87. The van der Waals surface area contributed by atoms with Gasteiger partial charge in [-0.15, -0.1) is 0 Å². The van der Waals surface area contributed by atoms with Crippen LogP contribution in [-0.2, 0) is 14.3 Å². The first-order valence-corrected chi connectivity index (χ1v) is 8.98. The van der Waals surface area contributed by atoms with Gasteiger partial charge in [0.15, 0.2) is 6.61 Å². The first-order valence-electron chi connectivity index (χ1n) is 8.19. The molecule has 2 aromatic rings. The van der Waals surface area contributed by atoms with Crippen molar-refractivity contribution in [3.8, 4) is 0 Å². The molecule has 0 aliphatic heterocycles. The molecule has 6 nitrogen and oxygen atoms in total. The minimum Gasteiger partial charge on any atom is -0.452 e. The van der Waals surface area contributed by atoms with E-state index in [0.717, 1.165) is 21.7 Å². The van der Waals surface area contributed by atoms with E-state index in [0.29, 0.717) is 5.69 Å². The highest BCUT2D eigenvalue weighted by Gasteiger charge is 2.38. The molecule has 10 heteroatoms. The molecule has 0 saturated heterocycles. The van der Waals surface area contributed by atoms with Crippen molar-refractivity contribution in [3.05, 3.63) is 57.6 Å². The number of ether oxygens (including phenoxy) is 1. The lowest BCUT2D eigenvalue weighted by Gasteiger charge is -2.11. The average Bonchev–Trinajstić information content (AvgIpc) is 2.63. The Morgan fingerprint density at radius 2 is 1.62 bits per heavy atom. The molecule has 2 N–H and O–H groups in total. The zero-order valence-electron chi connectivity index (χ0n) is 15.3. The van der Waals surface area contributed by atoms with E-state index in [9.17, 15) is 27.6 Å². The molecule has 2 rings (SSSR count). The molecule has 0 aromatic heterocycles. The average molecular weight is 473 g/mol. The molecule has 0 aliphatic carbocycles. The van der Waals surface area contributed by atoms with Gasteiger partial charge in [-0.1, -0.05) is 22.0 Å². The molecule has 0 aliphatic rings. The van der Waals surface area contributed by atoms with E-state index in [2.05, 4.69) is 21.2 Å². The molecule has 0 bridgehead atoms.